The first-order valence-electron chi connectivity index (χ1n) is 7.12. The number of allylic oxidation sites excluding steroid dienone is 3. The van der Waals surface area contributed by atoms with Gasteiger partial charge in [0.1, 0.15) is 0 Å². The zero-order valence-corrected chi connectivity index (χ0v) is 11.3. The normalized spacial score (nSPS) is 21.8. The van der Waals surface area contributed by atoms with Crippen LogP contribution in [0.25, 0.3) is 0 Å². The molecular formula is C15H24N2O. The lowest BCUT2D eigenvalue weighted by atomic mass is 9.97. The summed E-state index contributed by atoms with van der Waals surface area (Å²) in [5, 5.41) is 3.38. The van der Waals surface area contributed by atoms with Gasteiger partial charge in [-0.15, -0.1) is 0 Å². The van der Waals surface area contributed by atoms with Crippen LogP contribution < -0.4 is 5.32 Å². The van der Waals surface area contributed by atoms with Crippen molar-refractivity contribution in [2.45, 2.75) is 38.6 Å². The summed E-state index contributed by atoms with van der Waals surface area (Å²) in [6.45, 7) is 5.12. The van der Waals surface area contributed by atoms with Crippen molar-refractivity contribution in [1.29, 1.82) is 0 Å². The van der Waals surface area contributed by atoms with Gasteiger partial charge in [0.25, 0.3) is 0 Å². The molecule has 0 radical (unpaired) electrons. The number of nitrogens with one attached hydrogen (secondary N) is 1. The van der Waals surface area contributed by atoms with Gasteiger partial charge in [0, 0.05) is 18.7 Å². The van der Waals surface area contributed by atoms with E-state index in [0.29, 0.717) is 12.0 Å². The Bertz CT molecular complexity index is 325. The number of nitrogens with zero attached hydrogens (tertiary/aromatic N) is 1. The molecule has 0 atom stereocenters. The van der Waals surface area contributed by atoms with E-state index >= 15 is 0 Å². The van der Waals surface area contributed by atoms with Gasteiger partial charge in [0.05, 0.1) is 0 Å². The SMILES string of the molecule is CC=CC=CC(=O)N(CC1CCNCC1)C1CC1. The zero-order valence-electron chi connectivity index (χ0n) is 11.3. The van der Waals surface area contributed by atoms with Crippen LogP contribution in [0.15, 0.2) is 24.3 Å². The van der Waals surface area contributed by atoms with E-state index in [9.17, 15) is 4.79 Å². The van der Waals surface area contributed by atoms with Crippen LogP contribution in [-0.4, -0.2) is 36.5 Å². The van der Waals surface area contributed by atoms with E-state index in [4.69, 9.17) is 0 Å². The molecular weight excluding hydrogens is 224 g/mol. The lowest BCUT2D eigenvalue weighted by molar-refractivity contribution is -0.127. The second kappa shape index (κ2) is 6.74. The van der Waals surface area contributed by atoms with Crippen molar-refractivity contribution < 1.29 is 4.79 Å². The third kappa shape index (κ3) is 3.98. The molecule has 0 spiro atoms. The second-order valence-corrected chi connectivity index (χ2v) is 5.30. The highest BCUT2D eigenvalue weighted by Gasteiger charge is 2.33. The Morgan fingerprint density at radius 1 is 1.22 bits per heavy atom. The number of carbonyl (C=O) groups is 1. The monoisotopic (exact) mass is 248 g/mol. The summed E-state index contributed by atoms with van der Waals surface area (Å²) in [6, 6.07) is 0.516. The van der Waals surface area contributed by atoms with E-state index in [0.717, 1.165) is 19.6 Å². The maximum atomic E-state index is 12.2. The summed E-state index contributed by atoms with van der Waals surface area (Å²) in [7, 11) is 0. The van der Waals surface area contributed by atoms with Gasteiger partial charge in [0.15, 0.2) is 0 Å². The number of hydrogen-bond acceptors (Lipinski definition) is 2. The molecule has 3 heteroatoms. The van der Waals surface area contributed by atoms with Crippen molar-refractivity contribution >= 4 is 5.91 Å². The Kier molecular flexibility index (Phi) is 5.00. The molecule has 1 aliphatic carbocycles. The van der Waals surface area contributed by atoms with E-state index in [2.05, 4.69) is 10.2 Å². The first-order valence-corrected chi connectivity index (χ1v) is 7.12. The Morgan fingerprint density at radius 2 is 1.94 bits per heavy atom. The van der Waals surface area contributed by atoms with Crippen LogP contribution in [0, 0.1) is 5.92 Å². The van der Waals surface area contributed by atoms with Crippen molar-refractivity contribution in [1.82, 2.24) is 10.2 Å². The smallest absolute Gasteiger partial charge is 0.246 e. The van der Waals surface area contributed by atoms with E-state index in [1.54, 1.807) is 6.08 Å². The highest BCUT2D eigenvalue weighted by molar-refractivity contribution is 5.88. The number of hydrogen-bond donors (Lipinski definition) is 1. The number of amides is 1. The second-order valence-electron chi connectivity index (χ2n) is 5.30. The fourth-order valence-corrected chi connectivity index (χ4v) is 2.49. The molecule has 0 aromatic rings. The molecule has 1 aliphatic heterocycles. The fraction of sp³-hybridized carbons (Fsp3) is 0.667. The summed E-state index contributed by atoms with van der Waals surface area (Å²) < 4.78 is 0. The summed E-state index contributed by atoms with van der Waals surface area (Å²) in [6.07, 6.45) is 12.2. The summed E-state index contributed by atoms with van der Waals surface area (Å²) in [5.41, 5.74) is 0. The fourth-order valence-electron chi connectivity index (χ4n) is 2.49. The Labute approximate surface area is 110 Å². The zero-order chi connectivity index (χ0) is 12.8. The summed E-state index contributed by atoms with van der Waals surface area (Å²) in [4.78, 5) is 14.3. The van der Waals surface area contributed by atoms with Gasteiger partial charge < -0.3 is 10.2 Å². The number of piperidine rings is 1. The maximum absolute atomic E-state index is 12.2. The molecule has 0 aromatic heterocycles. The van der Waals surface area contributed by atoms with Crippen LogP contribution in [0.3, 0.4) is 0 Å². The van der Waals surface area contributed by atoms with Crippen LogP contribution in [-0.2, 0) is 4.79 Å². The molecule has 1 N–H and O–H groups in total. The van der Waals surface area contributed by atoms with Gasteiger partial charge in [-0.2, -0.15) is 0 Å². The van der Waals surface area contributed by atoms with Crippen LogP contribution in [0.4, 0.5) is 0 Å². The Balaban J connectivity index is 1.88. The van der Waals surface area contributed by atoms with Gasteiger partial charge in [-0.1, -0.05) is 18.2 Å². The third-order valence-electron chi connectivity index (χ3n) is 3.73. The minimum absolute atomic E-state index is 0.189. The standard InChI is InChI=1S/C15H24N2O/c1-2-3-4-5-15(18)17(14-6-7-14)12-13-8-10-16-11-9-13/h2-5,13-14,16H,6-12H2,1H3. The van der Waals surface area contributed by atoms with Crippen LogP contribution >= 0.6 is 0 Å². The largest absolute Gasteiger partial charge is 0.336 e. The van der Waals surface area contributed by atoms with Crippen molar-refractivity contribution in [2.24, 2.45) is 5.92 Å². The minimum atomic E-state index is 0.189. The molecule has 1 saturated heterocycles. The molecule has 0 bridgehead atoms. The molecule has 1 amide bonds. The molecule has 2 fully saturated rings. The van der Waals surface area contributed by atoms with Crippen molar-refractivity contribution in [3.05, 3.63) is 24.3 Å². The predicted molar refractivity (Wildman–Crippen MR) is 74.3 cm³/mol. The molecule has 1 heterocycles. The maximum Gasteiger partial charge on any atom is 0.246 e. The van der Waals surface area contributed by atoms with E-state index < -0.39 is 0 Å². The van der Waals surface area contributed by atoms with Crippen LogP contribution in [0.1, 0.15) is 32.6 Å². The minimum Gasteiger partial charge on any atom is -0.336 e. The molecule has 0 unspecified atom stereocenters. The van der Waals surface area contributed by atoms with Crippen molar-refractivity contribution in [3.63, 3.8) is 0 Å². The average Bonchev–Trinajstić information content (AvgIpc) is 3.21. The van der Waals surface area contributed by atoms with Gasteiger partial charge >= 0.3 is 0 Å². The number of rotatable bonds is 5. The van der Waals surface area contributed by atoms with E-state index in [1.807, 2.05) is 25.2 Å². The van der Waals surface area contributed by atoms with Gasteiger partial charge in [-0.3, -0.25) is 4.79 Å². The number of carbonyl (C=O) groups excluding carboxylic acids is 1. The molecule has 100 valence electrons. The first-order chi connectivity index (χ1) is 8.81. The molecule has 0 aromatic carbocycles. The van der Waals surface area contributed by atoms with E-state index in [-0.39, 0.29) is 5.91 Å². The molecule has 1 saturated carbocycles. The van der Waals surface area contributed by atoms with Crippen LogP contribution in [0.2, 0.25) is 0 Å². The van der Waals surface area contributed by atoms with Gasteiger partial charge in [0.2, 0.25) is 5.91 Å². The predicted octanol–water partition coefficient (Wildman–Crippen LogP) is 2.11. The average molecular weight is 248 g/mol. The Hall–Kier alpha value is -1.09. The summed E-state index contributed by atoms with van der Waals surface area (Å²) in [5.74, 6) is 0.875. The lowest BCUT2D eigenvalue weighted by Gasteiger charge is -2.29. The van der Waals surface area contributed by atoms with Crippen molar-refractivity contribution in [3.8, 4) is 0 Å². The molecule has 3 nitrogen and oxygen atoms in total. The lowest BCUT2D eigenvalue weighted by Crippen LogP contribution is -2.39. The highest BCUT2D eigenvalue weighted by Crippen LogP contribution is 2.29. The molecule has 2 aliphatic rings. The highest BCUT2D eigenvalue weighted by atomic mass is 16.2. The van der Waals surface area contributed by atoms with Crippen molar-refractivity contribution in [2.75, 3.05) is 19.6 Å². The molecule has 18 heavy (non-hydrogen) atoms. The third-order valence-corrected chi connectivity index (χ3v) is 3.73. The molecule has 2 rings (SSSR count). The van der Waals surface area contributed by atoms with Crippen LogP contribution in [0.5, 0.6) is 0 Å². The Morgan fingerprint density at radius 3 is 2.56 bits per heavy atom. The van der Waals surface area contributed by atoms with Gasteiger partial charge in [-0.25, -0.2) is 0 Å². The van der Waals surface area contributed by atoms with E-state index in [1.165, 1.54) is 25.7 Å². The topological polar surface area (TPSA) is 32.3 Å². The summed E-state index contributed by atoms with van der Waals surface area (Å²) >= 11 is 0. The quantitative estimate of drug-likeness (QED) is 0.597. The first kappa shape index (κ1) is 13.3. The van der Waals surface area contributed by atoms with Gasteiger partial charge in [-0.05, 0) is 51.6 Å².